The lowest BCUT2D eigenvalue weighted by atomic mass is 10.2. The van der Waals surface area contributed by atoms with Gasteiger partial charge in [0.05, 0.1) is 9.82 Å². The molecule has 128 valence electrons. The number of methoxy groups -OCH3 is 1. The largest absolute Gasteiger partial charge is 0.385 e. The molecular formula is C16H24N2O4S. The molecule has 0 spiro atoms. The maximum Gasteiger partial charge on any atom is 0.283 e. The zero-order valence-electron chi connectivity index (χ0n) is 13.8. The van der Waals surface area contributed by atoms with Crippen molar-refractivity contribution in [3.63, 3.8) is 0 Å². The van der Waals surface area contributed by atoms with E-state index in [2.05, 4.69) is 19.2 Å². The number of hydrogen-bond donors (Lipinski definition) is 1. The third-order valence-corrected chi connectivity index (χ3v) is 4.28. The molecule has 7 heteroatoms. The van der Waals surface area contributed by atoms with E-state index in [1.165, 1.54) is 17.8 Å². The summed E-state index contributed by atoms with van der Waals surface area (Å²) in [5.41, 5.74) is 0.297. The second kappa shape index (κ2) is 10.2. The molecule has 0 saturated carbocycles. The molecule has 1 aromatic carbocycles. The Hall–Kier alpha value is -1.60. The lowest BCUT2D eigenvalue weighted by Gasteiger charge is -2.08. The molecule has 0 fully saturated rings. The van der Waals surface area contributed by atoms with E-state index in [0.29, 0.717) is 35.9 Å². The first-order valence-electron chi connectivity index (χ1n) is 7.64. The number of nitro groups is 1. The minimum Gasteiger partial charge on any atom is -0.385 e. The van der Waals surface area contributed by atoms with Crippen LogP contribution < -0.4 is 5.32 Å². The van der Waals surface area contributed by atoms with Crippen molar-refractivity contribution in [3.8, 4) is 0 Å². The number of thioether (sulfide) groups is 1. The lowest BCUT2D eigenvalue weighted by Crippen LogP contribution is -2.25. The summed E-state index contributed by atoms with van der Waals surface area (Å²) in [6, 6.07) is 4.65. The highest BCUT2D eigenvalue weighted by Gasteiger charge is 2.17. The molecule has 6 nitrogen and oxygen atoms in total. The minimum absolute atomic E-state index is 0.0108. The first kappa shape index (κ1) is 19.4. The van der Waals surface area contributed by atoms with Gasteiger partial charge in [-0.1, -0.05) is 13.8 Å². The maximum absolute atomic E-state index is 12.0. The first-order chi connectivity index (χ1) is 11.0. The molecule has 0 saturated heterocycles. The van der Waals surface area contributed by atoms with Gasteiger partial charge in [0, 0.05) is 31.9 Å². The van der Waals surface area contributed by atoms with Crippen LogP contribution in [0.5, 0.6) is 0 Å². The number of nitrogens with zero attached hydrogens (tertiary/aromatic N) is 1. The molecular weight excluding hydrogens is 316 g/mol. The lowest BCUT2D eigenvalue weighted by molar-refractivity contribution is -0.387. The molecule has 0 bridgehead atoms. The zero-order chi connectivity index (χ0) is 17.2. The van der Waals surface area contributed by atoms with Crippen LogP contribution in [0.1, 0.15) is 37.0 Å². The molecule has 1 amide bonds. The molecule has 0 unspecified atom stereocenters. The summed E-state index contributed by atoms with van der Waals surface area (Å²) >= 11 is 1.46. The standard InChI is InChI=1S/C16H24N2O4S/c1-12(2)7-10-23-15-6-5-13(11-14(15)18(20)21)16(19)17-8-4-9-22-3/h5-6,11-12H,4,7-10H2,1-3H3,(H,17,19). The Bertz CT molecular complexity index is 535. The van der Waals surface area contributed by atoms with Crippen LogP contribution in [0.2, 0.25) is 0 Å². The van der Waals surface area contributed by atoms with Gasteiger partial charge in [-0.25, -0.2) is 0 Å². The topological polar surface area (TPSA) is 81.5 Å². The van der Waals surface area contributed by atoms with Crippen molar-refractivity contribution >= 4 is 23.4 Å². The quantitative estimate of drug-likeness (QED) is 0.305. The van der Waals surface area contributed by atoms with E-state index in [4.69, 9.17) is 4.74 Å². The highest BCUT2D eigenvalue weighted by molar-refractivity contribution is 7.99. The number of amides is 1. The normalized spacial score (nSPS) is 10.8. The molecule has 0 atom stereocenters. The molecule has 0 aliphatic carbocycles. The molecule has 0 radical (unpaired) electrons. The van der Waals surface area contributed by atoms with Gasteiger partial charge in [0.25, 0.3) is 11.6 Å². The average molecular weight is 340 g/mol. The fourth-order valence-corrected chi connectivity index (χ4v) is 3.10. The van der Waals surface area contributed by atoms with Gasteiger partial charge >= 0.3 is 0 Å². The van der Waals surface area contributed by atoms with Crippen molar-refractivity contribution in [3.05, 3.63) is 33.9 Å². The maximum atomic E-state index is 12.0. The third-order valence-electron chi connectivity index (χ3n) is 3.18. The van der Waals surface area contributed by atoms with Gasteiger partial charge in [-0.05, 0) is 36.6 Å². The predicted octanol–water partition coefficient (Wildman–Crippen LogP) is 3.50. The fourth-order valence-electron chi connectivity index (χ4n) is 1.85. The van der Waals surface area contributed by atoms with Crippen LogP contribution in [0, 0.1) is 16.0 Å². The monoisotopic (exact) mass is 340 g/mol. The molecule has 0 aromatic heterocycles. The number of carbonyl (C=O) groups excluding carboxylic acids is 1. The zero-order valence-corrected chi connectivity index (χ0v) is 14.6. The van der Waals surface area contributed by atoms with Crippen molar-refractivity contribution in [2.45, 2.75) is 31.6 Å². The van der Waals surface area contributed by atoms with E-state index in [-0.39, 0.29) is 11.6 Å². The highest BCUT2D eigenvalue weighted by Crippen LogP contribution is 2.31. The Kier molecular flexibility index (Phi) is 8.65. The minimum atomic E-state index is -0.431. The van der Waals surface area contributed by atoms with Crippen LogP contribution in [0.25, 0.3) is 0 Å². The Labute approximate surface area is 141 Å². The fraction of sp³-hybridized carbons (Fsp3) is 0.562. The van der Waals surface area contributed by atoms with Gasteiger partial charge in [0.1, 0.15) is 0 Å². The van der Waals surface area contributed by atoms with Gasteiger partial charge in [0.15, 0.2) is 0 Å². The molecule has 23 heavy (non-hydrogen) atoms. The van der Waals surface area contributed by atoms with Gasteiger partial charge < -0.3 is 10.1 Å². The molecule has 0 aliphatic heterocycles. The predicted molar refractivity (Wildman–Crippen MR) is 92.1 cm³/mol. The van der Waals surface area contributed by atoms with Gasteiger partial charge in [0.2, 0.25) is 0 Å². The van der Waals surface area contributed by atoms with Crippen molar-refractivity contribution in [2.75, 3.05) is 26.0 Å². The van der Waals surface area contributed by atoms with Crippen molar-refractivity contribution in [1.82, 2.24) is 5.32 Å². The summed E-state index contributed by atoms with van der Waals surface area (Å²) in [6.45, 7) is 5.27. The molecule has 0 heterocycles. The molecule has 1 rings (SSSR count). The Morgan fingerprint density at radius 2 is 2.17 bits per heavy atom. The summed E-state index contributed by atoms with van der Waals surface area (Å²) in [5, 5.41) is 14.0. The number of hydrogen-bond acceptors (Lipinski definition) is 5. The SMILES string of the molecule is COCCCNC(=O)c1ccc(SCCC(C)C)c([N+](=O)[O-])c1. The van der Waals surface area contributed by atoms with E-state index >= 15 is 0 Å². The number of nitro benzene ring substituents is 1. The number of nitrogens with one attached hydrogen (secondary N) is 1. The highest BCUT2D eigenvalue weighted by atomic mass is 32.2. The van der Waals surface area contributed by atoms with Gasteiger partial charge in [-0.2, -0.15) is 0 Å². The molecule has 1 N–H and O–H groups in total. The summed E-state index contributed by atoms with van der Waals surface area (Å²) in [4.78, 5) is 23.4. The van der Waals surface area contributed by atoms with E-state index in [0.717, 1.165) is 12.2 Å². The van der Waals surface area contributed by atoms with Crippen molar-refractivity contribution < 1.29 is 14.5 Å². The van der Waals surface area contributed by atoms with E-state index < -0.39 is 4.92 Å². The summed E-state index contributed by atoms with van der Waals surface area (Å²) in [7, 11) is 1.60. The van der Waals surface area contributed by atoms with Crippen LogP contribution in [0.3, 0.4) is 0 Å². The van der Waals surface area contributed by atoms with Crippen molar-refractivity contribution in [1.29, 1.82) is 0 Å². The Balaban J connectivity index is 2.74. The molecule has 1 aromatic rings. The van der Waals surface area contributed by atoms with E-state index in [9.17, 15) is 14.9 Å². The number of rotatable bonds is 10. The van der Waals surface area contributed by atoms with Gasteiger partial charge in [-0.3, -0.25) is 14.9 Å². The molecule has 0 aliphatic rings. The van der Waals surface area contributed by atoms with Crippen LogP contribution in [-0.4, -0.2) is 36.8 Å². The van der Waals surface area contributed by atoms with Crippen LogP contribution in [0.4, 0.5) is 5.69 Å². The summed E-state index contributed by atoms with van der Waals surface area (Å²) < 4.78 is 4.91. The van der Waals surface area contributed by atoms with Gasteiger partial charge in [-0.15, -0.1) is 11.8 Å². The van der Waals surface area contributed by atoms with Crippen molar-refractivity contribution in [2.24, 2.45) is 5.92 Å². The Morgan fingerprint density at radius 3 is 2.78 bits per heavy atom. The third kappa shape index (κ3) is 7.00. The number of ether oxygens (including phenoxy) is 1. The summed E-state index contributed by atoms with van der Waals surface area (Å²) in [5.74, 6) is 1.07. The van der Waals surface area contributed by atoms with Crippen LogP contribution in [0.15, 0.2) is 23.1 Å². The van der Waals surface area contributed by atoms with E-state index in [1.54, 1.807) is 19.2 Å². The summed E-state index contributed by atoms with van der Waals surface area (Å²) in [6.07, 6.45) is 1.69. The van der Waals surface area contributed by atoms with E-state index in [1.807, 2.05) is 0 Å². The average Bonchev–Trinajstić information content (AvgIpc) is 2.51. The number of benzene rings is 1. The van der Waals surface area contributed by atoms with Crippen LogP contribution in [-0.2, 0) is 4.74 Å². The number of carbonyl (C=O) groups is 1. The smallest absolute Gasteiger partial charge is 0.283 e. The second-order valence-electron chi connectivity index (χ2n) is 5.57. The second-order valence-corrected chi connectivity index (χ2v) is 6.71. The van der Waals surface area contributed by atoms with Crippen LogP contribution >= 0.6 is 11.8 Å². The first-order valence-corrected chi connectivity index (χ1v) is 8.62. The Morgan fingerprint density at radius 1 is 1.43 bits per heavy atom.